The van der Waals surface area contributed by atoms with Crippen molar-refractivity contribution in [2.75, 3.05) is 22.5 Å². The molecule has 0 saturated carbocycles. The van der Waals surface area contributed by atoms with E-state index in [0.717, 1.165) is 32.0 Å². The third-order valence-corrected chi connectivity index (χ3v) is 5.90. The summed E-state index contributed by atoms with van der Waals surface area (Å²) < 4.78 is 42.0. The minimum Gasteiger partial charge on any atom is -0.367 e. The number of alkyl halides is 3. The summed E-state index contributed by atoms with van der Waals surface area (Å²) in [5.74, 6) is 0.991. The second-order valence-corrected chi connectivity index (χ2v) is 9.00. The molecule has 166 valence electrons. The SMILES string of the molecule is O=C(Nc1cccc(C(F)(F)F)c1)Nc1cn(CCNc2ncnc3cc(Br)sc23)cn1. The summed E-state index contributed by atoms with van der Waals surface area (Å²) >= 11 is 4.97. The number of thiophene rings is 1. The third kappa shape index (κ3) is 5.34. The molecule has 0 aliphatic heterocycles. The number of nitrogens with zero attached hydrogens (tertiary/aromatic N) is 4. The Morgan fingerprint density at radius 2 is 2.00 bits per heavy atom. The number of benzene rings is 1. The number of fused-ring (bicyclic) bond motifs is 1. The van der Waals surface area contributed by atoms with E-state index in [0.29, 0.717) is 13.1 Å². The van der Waals surface area contributed by atoms with Crippen molar-refractivity contribution >= 4 is 60.8 Å². The number of carbonyl (C=O) groups is 1. The second-order valence-electron chi connectivity index (χ2n) is 6.57. The molecule has 0 unspecified atom stereocenters. The van der Waals surface area contributed by atoms with Gasteiger partial charge in [0.15, 0.2) is 5.82 Å². The predicted molar refractivity (Wildman–Crippen MR) is 120 cm³/mol. The van der Waals surface area contributed by atoms with Crippen LogP contribution in [-0.4, -0.2) is 32.1 Å². The molecule has 0 radical (unpaired) electrons. The van der Waals surface area contributed by atoms with Gasteiger partial charge in [0.1, 0.15) is 12.1 Å². The number of carbonyl (C=O) groups excluding carboxylic acids is 1. The molecule has 13 heteroatoms. The lowest BCUT2D eigenvalue weighted by Crippen LogP contribution is -2.20. The fourth-order valence-electron chi connectivity index (χ4n) is 2.85. The molecule has 0 aliphatic rings. The van der Waals surface area contributed by atoms with Crippen LogP contribution in [0.1, 0.15) is 5.56 Å². The smallest absolute Gasteiger partial charge is 0.367 e. The summed E-state index contributed by atoms with van der Waals surface area (Å²) in [6.07, 6.45) is 0.161. The van der Waals surface area contributed by atoms with Crippen LogP contribution in [0.15, 0.2) is 53.0 Å². The molecule has 2 amide bonds. The molecule has 4 aromatic rings. The average molecular weight is 526 g/mol. The summed E-state index contributed by atoms with van der Waals surface area (Å²) in [5.41, 5.74) is 0.0283. The van der Waals surface area contributed by atoms with Gasteiger partial charge in [-0.2, -0.15) is 13.2 Å². The van der Waals surface area contributed by atoms with Crippen LogP contribution < -0.4 is 16.0 Å². The van der Waals surface area contributed by atoms with Gasteiger partial charge in [-0.05, 0) is 40.2 Å². The van der Waals surface area contributed by atoms with Crippen LogP contribution in [0.2, 0.25) is 0 Å². The van der Waals surface area contributed by atoms with E-state index in [1.165, 1.54) is 29.8 Å². The Labute approximate surface area is 192 Å². The number of imidazole rings is 1. The molecule has 32 heavy (non-hydrogen) atoms. The zero-order chi connectivity index (χ0) is 22.7. The van der Waals surface area contributed by atoms with Gasteiger partial charge in [-0.15, -0.1) is 11.3 Å². The second kappa shape index (κ2) is 9.12. The largest absolute Gasteiger partial charge is 0.416 e. The molecular formula is C19H15BrF3N7OS. The van der Waals surface area contributed by atoms with Gasteiger partial charge in [0, 0.05) is 25.0 Å². The Morgan fingerprint density at radius 1 is 1.16 bits per heavy atom. The first-order valence-corrected chi connectivity index (χ1v) is 10.8. The monoisotopic (exact) mass is 525 g/mol. The Bertz CT molecular complexity index is 1260. The lowest BCUT2D eigenvalue weighted by molar-refractivity contribution is -0.137. The summed E-state index contributed by atoms with van der Waals surface area (Å²) in [6, 6.07) is 5.61. The minimum absolute atomic E-state index is 0.0253. The lowest BCUT2D eigenvalue weighted by Gasteiger charge is -2.10. The van der Waals surface area contributed by atoms with Gasteiger partial charge in [0.2, 0.25) is 0 Å². The maximum Gasteiger partial charge on any atom is 0.416 e. The van der Waals surface area contributed by atoms with Crippen molar-refractivity contribution < 1.29 is 18.0 Å². The Morgan fingerprint density at radius 3 is 2.81 bits per heavy atom. The zero-order valence-corrected chi connectivity index (χ0v) is 18.6. The highest BCUT2D eigenvalue weighted by atomic mass is 79.9. The van der Waals surface area contributed by atoms with Gasteiger partial charge in [0.25, 0.3) is 0 Å². The highest BCUT2D eigenvalue weighted by molar-refractivity contribution is 9.11. The van der Waals surface area contributed by atoms with Crippen molar-refractivity contribution in [2.45, 2.75) is 12.7 Å². The topological polar surface area (TPSA) is 96.8 Å². The number of hydrogen-bond acceptors (Lipinski definition) is 6. The van der Waals surface area contributed by atoms with Crippen molar-refractivity contribution in [1.82, 2.24) is 19.5 Å². The number of nitrogens with one attached hydrogen (secondary N) is 3. The van der Waals surface area contributed by atoms with Gasteiger partial charge >= 0.3 is 12.2 Å². The molecule has 0 fully saturated rings. The molecule has 0 aliphatic carbocycles. The standard InChI is InChI=1S/C19H15BrF3N7OS/c20-14-7-13-16(32-14)17(26-9-25-13)24-4-5-30-8-15(27-10-30)29-18(31)28-12-3-1-2-11(6-12)19(21,22)23/h1-3,6-10H,4-5H2,(H,24,25,26)(H2,28,29,31). The molecule has 3 heterocycles. The third-order valence-electron chi connectivity index (χ3n) is 4.27. The van der Waals surface area contributed by atoms with E-state index in [-0.39, 0.29) is 11.5 Å². The quantitative estimate of drug-likeness (QED) is 0.312. The van der Waals surface area contributed by atoms with Crippen LogP contribution >= 0.6 is 27.3 Å². The fraction of sp³-hybridized carbons (Fsp3) is 0.158. The number of hydrogen-bond donors (Lipinski definition) is 3. The van der Waals surface area contributed by atoms with Crippen LogP contribution in [0.25, 0.3) is 10.2 Å². The average Bonchev–Trinajstić information content (AvgIpc) is 3.33. The number of anilines is 3. The maximum absolute atomic E-state index is 12.8. The van der Waals surface area contributed by atoms with E-state index in [2.05, 4.69) is 46.8 Å². The molecule has 0 bridgehead atoms. The van der Waals surface area contributed by atoms with Gasteiger partial charge < -0.3 is 15.2 Å². The molecule has 0 spiro atoms. The Hall–Kier alpha value is -3.19. The molecule has 1 aromatic carbocycles. The van der Waals surface area contributed by atoms with Gasteiger partial charge in [-0.1, -0.05) is 6.07 Å². The molecule has 0 atom stereocenters. The van der Waals surface area contributed by atoms with E-state index < -0.39 is 17.8 Å². The first-order valence-electron chi connectivity index (χ1n) is 9.19. The summed E-state index contributed by atoms with van der Waals surface area (Å²) in [4.78, 5) is 24.7. The molecule has 4 rings (SSSR count). The molecule has 8 nitrogen and oxygen atoms in total. The highest BCUT2D eigenvalue weighted by Crippen LogP contribution is 2.32. The molecule has 0 saturated heterocycles. The first-order chi connectivity index (χ1) is 15.3. The molecule has 3 aromatic heterocycles. The number of halogens is 4. The van der Waals surface area contributed by atoms with E-state index in [9.17, 15) is 18.0 Å². The van der Waals surface area contributed by atoms with Gasteiger partial charge in [0.05, 0.1) is 25.9 Å². The van der Waals surface area contributed by atoms with Crippen molar-refractivity contribution in [3.8, 4) is 0 Å². The van der Waals surface area contributed by atoms with E-state index in [1.54, 1.807) is 17.1 Å². The number of rotatable bonds is 6. The van der Waals surface area contributed by atoms with Crippen LogP contribution in [0.4, 0.5) is 35.3 Å². The predicted octanol–water partition coefficient (Wildman–Crippen LogP) is 5.43. The van der Waals surface area contributed by atoms with E-state index in [1.807, 2.05) is 6.07 Å². The summed E-state index contributed by atoms with van der Waals surface area (Å²) in [5, 5.41) is 8.11. The first kappa shape index (κ1) is 22.0. The van der Waals surface area contributed by atoms with E-state index >= 15 is 0 Å². The maximum atomic E-state index is 12.8. The molecule has 3 N–H and O–H groups in total. The van der Waals surface area contributed by atoms with E-state index in [4.69, 9.17) is 0 Å². The highest BCUT2D eigenvalue weighted by Gasteiger charge is 2.30. The summed E-state index contributed by atoms with van der Waals surface area (Å²) in [7, 11) is 0. The molecular weight excluding hydrogens is 511 g/mol. The Kier molecular flexibility index (Phi) is 6.28. The minimum atomic E-state index is -4.49. The van der Waals surface area contributed by atoms with Crippen LogP contribution in [0, 0.1) is 0 Å². The number of urea groups is 1. The van der Waals surface area contributed by atoms with Gasteiger partial charge in [-0.25, -0.2) is 19.7 Å². The fourth-order valence-corrected chi connectivity index (χ4v) is 4.36. The summed E-state index contributed by atoms with van der Waals surface area (Å²) in [6.45, 7) is 1.09. The zero-order valence-electron chi connectivity index (χ0n) is 16.2. The van der Waals surface area contributed by atoms with Crippen molar-refractivity contribution in [3.05, 3.63) is 58.5 Å². The lowest BCUT2D eigenvalue weighted by atomic mass is 10.2. The normalized spacial score (nSPS) is 11.5. The van der Waals surface area contributed by atoms with Crippen molar-refractivity contribution in [2.24, 2.45) is 0 Å². The van der Waals surface area contributed by atoms with Crippen molar-refractivity contribution in [3.63, 3.8) is 0 Å². The Balaban J connectivity index is 1.30. The van der Waals surface area contributed by atoms with Crippen LogP contribution in [0.3, 0.4) is 0 Å². The number of amides is 2. The van der Waals surface area contributed by atoms with Crippen LogP contribution in [0.5, 0.6) is 0 Å². The van der Waals surface area contributed by atoms with Crippen LogP contribution in [-0.2, 0) is 12.7 Å². The van der Waals surface area contributed by atoms with Crippen molar-refractivity contribution in [1.29, 1.82) is 0 Å². The number of aromatic nitrogens is 4. The van der Waals surface area contributed by atoms with Gasteiger partial charge in [-0.3, -0.25) is 5.32 Å².